The van der Waals surface area contributed by atoms with E-state index < -0.39 is 95.5 Å². The van der Waals surface area contributed by atoms with E-state index >= 15 is 0 Å². The van der Waals surface area contributed by atoms with E-state index in [1.165, 1.54) is 6.92 Å². The van der Waals surface area contributed by atoms with Gasteiger partial charge in [0.2, 0.25) is 0 Å². The Labute approximate surface area is 403 Å². The predicted molar refractivity (Wildman–Crippen MR) is 256 cm³/mol. The molecule has 0 bridgehead atoms. The summed E-state index contributed by atoms with van der Waals surface area (Å²) in [6.07, 6.45) is -4.50. The number of likely N-dealkylation sites (N-methyl/N-ethyl adjacent to an activating group) is 1. The minimum absolute atomic E-state index is 0.0908. The number of carbonyl (C=O) groups is 1. The van der Waals surface area contributed by atoms with Crippen LogP contribution in [0.3, 0.4) is 0 Å². The molecular formula is C50H84N4O12S. The molecular weight excluding hydrogens is 881 g/mol. The van der Waals surface area contributed by atoms with Crippen molar-refractivity contribution in [2.45, 2.75) is 205 Å². The molecule has 17 heteroatoms. The highest BCUT2D eigenvalue weighted by atomic mass is 32.1. The molecule has 1 aromatic carbocycles. The maximum atomic E-state index is 14.7. The number of aromatic nitrogens is 1. The Morgan fingerprint density at radius 2 is 1.69 bits per heavy atom. The third kappa shape index (κ3) is 13.1. The topological polar surface area (TPSA) is 203 Å². The van der Waals surface area contributed by atoms with Gasteiger partial charge in [-0.2, -0.15) is 0 Å². The fourth-order valence-electron chi connectivity index (χ4n) is 10.6. The van der Waals surface area contributed by atoms with Crippen molar-refractivity contribution < 1.29 is 58.4 Å². The van der Waals surface area contributed by atoms with E-state index in [0.717, 1.165) is 11.4 Å². The van der Waals surface area contributed by atoms with Gasteiger partial charge in [0.05, 0.1) is 48.5 Å². The third-order valence-electron chi connectivity index (χ3n) is 14.8. The summed E-state index contributed by atoms with van der Waals surface area (Å²) >= 11 is 1.58. The van der Waals surface area contributed by atoms with E-state index in [0.29, 0.717) is 31.8 Å². The summed E-state index contributed by atoms with van der Waals surface area (Å²) in [5.74, 6) is -2.07. The number of ether oxygens (including phenoxy) is 7. The molecule has 0 aliphatic carbocycles. The Morgan fingerprint density at radius 3 is 2.31 bits per heavy atom. The van der Waals surface area contributed by atoms with E-state index in [9.17, 15) is 25.2 Å². The molecule has 0 spiro atoms. The molecule has 1 aromatic heterocycles. The number of methoxy groups -OCH3 is 1. The average molecular weight is 965 g/mol. The third-order valence-corrected chi connectivity index (χ3v) is 15.5. The van der Waals surface area contributed by atoms with Gasteiger partial charge in [-0.3, -0.25) is 9.69 Å². The number of hydrogen-bond donors (Lipinski definition) is 6. The zero-order valence-electron chi connectivity index (χ0n) is 42.3. The smallest absolute Gasteiger partial charge is 0.311 e. The minimum Gasteiger partial charge on any atom is -0.483 e. The molecule has 0 saturated carbocycles. The summed E-state index contributed by atoms with van der Waals surface area (Å²) in [5.41, 5.74) is -6.02. The zero-order valence-corrected chi connectivity index (χ0v) is 43.2. The normalized spacial score (nSPS) is 41.9. The van der Waals surface area contributed by atoms with Crippen LogP contribution in [0.2, 0.25) is 0 Å². The van der Waals surface area contributed by atoms with Gasteiger partial charge in [-0.05, 0) is 112 Å². The summed E-state index contributed by atoms with van der Waals surface area (Å²) in [6.45, 7) is 21.8. The molecule has 18 atom stereocenters. The standard InChI is InChI=1S/C50H84N4O12S/c1-14-21-51-29-50(59)35(8)62-40(26-48(50,10)60-13)65-41-32(5)44(47(9,57)25-30(3)27-53-34(7)43(55)49(11,58)38(15-2)64-45(56)33(41)6)66-46-42(63-36-19-17-16-18-20-36)37(24-31(4)61-46)54(12)28-39-52-22-23-67-39/h16-20,22-23,30-35,37-38,40-44,46,51,53,55,57-59H,14-15,21,24-29H2,1-13H3/t30-,31-,32+,33-,34-,35+,37+,38-,40+,41+,42-,43-,44-,46+,47-,48-,49-,50+/m1/s1. The Kier molecular flexibility index (Phi) is 19.7. The van der Waals surface area contributed by atoms with Crippen LogP contribution < -0.4 is 15.4 Å². The SMILES string of the molecule is CCCNC[C@]1(O)[C@H](C)O[C@@H](O[C@H]2[C@H](C)[C@@H](O[C@@H]3O[C@H](C)C[C@H](N(C)Cc4nccs4)[C@H]3Oc3ccccc3)[C@](C)(O)C[C@@H](C)CN[C@H](C)[C@@H](O)[C@](C)(O)[C@@H](CC)OC(=O)[C@@H]2C)C[C@@]1(C)OC. The maximum Gasteiger partial charge on any atom is 0.311 e. The highest BCUT2D eigenvalue weighted by Crippen LogP contribution is 2.43. The van der Waals surface area contributed by atoms with E-state index in [-0.39, 0.29) is 43.9 Å². The van der Waals surface area contributed by atoms with Gasteiger partial charge < -0.3 is 64.2 Å². The molecule has 6 N–H and O–H groups in total. The van der Waals surface area contributed by atoms with Crippen LogP contribution >= 0.6 is 11.3 Å². The van der Waals surface area contributed by atoms with Gasteiger partial charge in [0.25, 0.3) is 0 Å². The Morgan fingerprint density at radius 1 is 0.985 bits per heavy atom. The van der Waals surface area contributed by atoms with Crippen LogP contribution in [0.1, 0.15) is 113 Å². The van der Waals surface area contributed by atoms with Gasteiger partial charge in [-0.25, -0.2) is 4.98 Å². The number of aliphatic hydroxyl groups excluding tert-OH is 1. The lowest BCUT2D eigenvalue weighted by Crippen LogP contribution is -2.70. The monoisotopic (exact) mass is 965 g/mol. The number of aliphatic hydroxyl groups is 4. The average Bonchev–Trinajstić information content (AvgIpc) is 3.80. The number of para-hydroxylation sites is 1. The summed E-state index contributed by atoms with van der Waals surface area (Å²) in [5, 5.41) is 58.3. The van der Waals surface area contributed by atoms with Crippen molar-refractivity contribution in [2.24, 2.45) is 17.8 Å². The molecule has 0 unspecified atom stereocenters. The number of nitrogens with zero attached hydrogens (tertiary/aromatic N) is 2. The van der Waals surface area contributed by atoms with Gasteiger partial charge >= 0.3 is 5.97 Å². The first-order chi connectivity index (χ1) is 31.5. The minimum atomic E-state index is -1.83. The van der Waals surface area contributed by atoms with Crippen LogP contribution in [0.15, 0.2) is 41.9 Å². The van der Waals surface area contributed by atoms with Gasteiger partial charge in [0.15, 0.2) is 18.7 Å². The maximum absolute atomic E-state index is 14.7. The Bertz CT molecular complexity index is 1800. The molecule has 67 heavy (non-hydrogen) atoms. The van der Waals surface area contributed by atoms with Gasteiger partial charge in [-0.1, -0.05) is 45.9 Å². The van der Waals surface area contributed by atoms with Crippen molar-refractivity contribution >= 4 is 17.3 Å². The van der Waals surface area contributed by atoms with Gasteiger partial charge in [0, 0.05) is 43.6 Å². The fraction of sp³-hybridized carbons (Fsp3) is 0.800. The number of esters is 1. The summed E-state index contributed by atoms with van der Waals surface area (Å²) in [7, 11) is 3.59. The van der Waals surface area contributed by atoms with E-state index in [1.807, 2.05) is 70.5 Å². The highest BCUT2D eigenvalue weighted by molar-refractivity contribution is 7.09. The number of carbonyl (C=O) groups excluding carboxylic acids is 1. The summed E-state index contributed by atoms with van der Waals surface area (Å²) < 4.78 is 46.7. The Hall–Kier alpha value is -2.36. The van der Waals surface area contributed by atoms with Crippen molar-refractivity contribution in [3.63, 3.8) is 0 Å². The summed E-state index contributed by atoms with van der Waals surface area (Å²) in [6, 6.07) is 8.69. The number of rotatable bonds is 15. The zero-order chi connectivity index (χ0) is 49.5. The van der Waals surface area contributed by atoms with Crippen molar-refractivity contribution in [1.29, 1.82) is 0 Å². The largest absolute Gasteiger partial charge is 0.483 e. The first-order valence-electron chi connectivity index (χ1n) is 24.5. The molecule has 16 nitrogen and oxygen atoms in total. The van der Waals surface area contributed by atoms with Crippen LogP contribution in [0.5, 0.6) is 5.75 Å². The van der Waals surface area contributed by atoms with Crippen molar-refractivity contribution in [3.8, 4) is 5.75 Å². The molecule has 4 heterocycles. The summed E-state index contributed by atoms with van der Waals surface area (Å²) in [4.78, 5) is 21.4. The number of cyclic esters (lactones) is 1. The number of benzene rings is 1. The fourth-order valence-corrected chi connectivity index (χ4v) is 11.2. The second-order valence-electron chi connectivity index (χ2n) is 20.5. The molecule has 2 aromatic rings. The molecule has 382 valence electrons. The predicted octanol–water partition coefficient (Wildman–Crippen LogP) is 5.04. The molecule has 5 rings (SSSR count). The highest BCUT2D eigenvalue weighted by Gasteiger charge is 2.58. The van der Waals surface area contributed by atoms with Gasteiger partial charge in [0.1, 0.15) is 39.8 Å². The number of nitrogens with one attached hydrogen (secondary N) is 2. The van der Waals surface area contributed by atoms with E-state index in [1.54, 1.807) is 59.3 Å². The van der Waals surface area contributed by atoms with E-state index in [2.05, 4.69) is 27.4 Å². The van der Waals surface area contributed by atoms with Gasteiger partial charge in [-0.15, -0.1) is 11.3 Å². The van der Waals surface area contributed by atoms with Crippen molar-refractivity contribution in [2.75, 3.05) is 33.8 Å². The molecule has 3 saturated heterocycles. The molecule has 3 fully saturated rings. The van der Waals surface area contributed by atoms with Crippen molar-refractivity contribution in [3.05, 3.63) is 46.9 Å². The molecule has 3 aliphatic rings. The van der Waals surface area contributed by atoms with Crippen LogP contribution in [0.25, 0.3) is 0 Å². The quantitative estimate of drug-likeness (QED) is 0.102. The second kappa shape index (κ2) is 23.7. The van der Waals surface area contributed by atoms with Crippen LogP contribution in [0.4, 0.5) is 0 Å². The van der Waals surface area contributed by atoms with Crippen LogP contribution in [0, 0.1) is 17.8 Å². The lowest BCUT2D eigenvalue weighted by atomic mass is 9.75. The Balaban J connectivity index is 1.61. The molecule has 3 aliphatic heterocycles. The van der Waals surface area contributed by atoms with Crippen molar-refractivity contribution in [1.82, 2.24) is 20.5 Å². The lowest BCUT2D eigenvalue weighted by Gasteiger charge is -2.53. The lowest BCUT2D eigenvalue weighted by molar-refractivity contribution is -0.336. The molecule has 0 radical (unpaired) electrons. The van der Waals surface area contributed by atoms with Crippen LogP contribution in [-0.2, 0) is 39.8 Å². The molecule has 0 amide bonds. The van der Waals surface area contributed by atoms with Crippen LogP contribution in [-0.4, -0.2) is 160 Å². The second-order valence-corrected chi connectivity index (χ2v) is 21.5. The first-order valence-corrected chi connectivity index (χ1v) is 25.4. The van der Waals surface area contributed by atoms with E-state index in [4.69, 9.17) is 33.2 Å². The first kappa shape index (κ1) is 55.6. The number of hydrogen-bond acceptors (Lipinski definition) is 17. The number of thiazole rings is 1.